The molecule has 10 nitrogen and oxygen atoms in total. The average Bonchev–Trinajstić information content (AvgIpc) is 2.46. The van der Waals surface area contributed by atoms with Gasteiger partial charge in [0.1, 0.15) is 24.9 Å². The molecule has 1 aliphatic rings. The van der Waals surface area contributed by atoms with Gasteiger partial charge in [-0.05, 0) is 0 Å². The molecule has 1 rings (SSSR count). The van der Waals surface area contributed by atoms with Crippen LogP contribution >= 0.6 is 0 Å². The van der Waals surface area contributed by atoms with E-state index in [1.807, 2.05) is 0 Å². The monoisotopic (exact) mass is 361 g/mol. The van der Waals surface area contributed by atoms with Crippen LogP contribution in [0.5, 0.6) is 0 Å². The normalized spacial score (nSPS) is 28.6. The van der Waals surface area contributed by atoms with E-state index < -0.39 is 54.5 Å². The van der Waals surface area contributed by atoms with Gasteiger partial charge in [-0.2, -0.15) is 0 Å². The second kappa shape index (κ2) is 9.33. The molecule has 1 N–H and O–H groups in total. The number of hydrogen-bond donors (Lipinski definition) is 1. The third-order valence-corrected chi connectivity index (χ3v) is 3.32. The van der Waals surface area contributed by atoms with Gasteiger partial charge in [0, 0.05) is 34.8 Å². The molecule has 10 heteroatoms. The Hall–Kier alpha value is -2.20. The zero-order chi connectivity index (χ0) is 19.1. The van der Waals surface area contributed by atoms with E-state index in [0.29, 0.717) is 0 Å². The summed E-state index contributed by atoms with van der Waals surface area (Å²) in [5, 5.41) is 2.56. The summed E-state index contributed by atoms with van der Waals surface area (Å²) in [6.07, 6.45) is -4.05. The minimum absolute atomic E-state index is 0.252. The van der Waals surface area contributed by atoms with Crippen molar-refractivity contribution in [2.45, 2.75) is 58.3 Å². The summed E-state index contributed by atoms with van der Waals surface area (Å²) >= 11 is 0. The number of carbonyl (C=O) groups is 4. The van der Waals surface area contributed by atoms with Crippen LogP contribution in [0.4, 0.5) is 0 Å². The molecule has 5 atom stereocenters. The second-order valence-electron chi connectivity index (χ2n) is 5.46. The summed E-state index contributed by atoms with van der Waals surface area (Å²) in [6, 6.07) is -0.927. The van der Waals surface area contributed by atoms with Crippen molar-refractivity contribution in [3.05, 3.63) is 0 Å². The van der Waals surface area contributed by atoms with E-state index in [9.17, 15) is 19.2 Å². The fraction of sp³-hybridized carbons (Fsp3) is 0.733. The zero-order valence-electron chi connectivity index (χ0n) is 14.8. The quantitative estimate of drug-likeness (QED) is 0.482. The minimum Gasteiger partial charge on any atom is -0.463 e. The molecule has 1 aliphatic heterocycles. The summed E-state index contributed by atoms with van der Waals surface area (Å²) in [7, 11) is 1.34. The molecule has 25 heavy (non-hydrogen) atoms. The molecule has 0 aliphatic carbocycles. The van der Waals surface area contributed by atoms with Crippen LogP contribution in [0.25, 0.3) is 0 Å². The van der Waals surface area contributed by atoms with Crippen LogP contribution in [0.2, 0.25) is 0 Å². The molecule has 142 valence electrons. The Labute approximate surface area is 145 Å². The van der Waals surface area contributed by atoms with Crippen LogP contribution in [0.3, 0.4) is 0 Å². The first-order chi connectivity index (χ1) is 11.6. The number of methoxy groups -OCH3 is 1. The number of hydrogen-bond acceptors (Lipinski definition) is 9. The van der Waals surface area contributed by atoms with Crippen molar-refractivity contribution in [2.75, 3.05) is 13.7 Å². The largest absolute Gasteiger partial charge is 0.463 e. The average molecular weight is 361 g/mol. The van der Waals surface area contributed by atoms with Gasteiger partial charge < -0.3 is 29.0 Å². The summed E-state index contributed by atoms with van der Waals surface area (Å²) in [6.45, 7) is 4.60. The second-order valence-corrected chi connectivity index (χ2v) is 5.46. The van der Waals surface area contributed by atoms with Gasteiger partial charge in [0.2, 0.25) is 12.2 Å². The molecule has 0 bridgehead atoms. The highest BCUT2D eigenvalue weighted by Gasteiger charge is 2.50. The van der Waals surface area contributed by atoms with Crippen LogP contribution in [0.1, 0.15) is 27.7 Å². The van der Waals surface area contributed by atoms with Gasteiger partial charge in [0.25, 0.3) is 0 Å². The van der Waals surface area contributed by atoms with Crippen molar-refractivity contribution in [1.29, 1.82) is 0 Å². The van der Waals surface area contributed by atoms with Crippen molar-refractivity contribution >= 4 is 23.8 Å². The number of amides is 1. The maximum absolute atomic E-state index is 11.5. The summed E-state index contributed by atoms with van der Waals surface area (Å²) < 4.78 is 26.2. The molecular formula is C15H23NO9. The van der Waals surface area contributed by atoms with Crippen molar-refractivity contribution in [2.24, 2.45) is 0 Å². The highest BCUT2D eigenvalue weighted by molar-refractivity contribution is 5.73. The first kappa shape index (κ1) is 20.8. The first-order valence-electron chi connectivity index (χ1n) is 7.58. The summed E-state index contributed by atoms with van der Waals surface area (Å²) in [5.74, 6) is -2.25. The van der Waals surface area contributed by atoms with Crippen LogP contribution in [0.15, 0.2) is 0 Å². The molecule has 1 amide bonds. The van der Waals surface area contributed by atoms with E-state index in [-0.39, 0.29) is 6.61 Å². The molecule has 0 saturated carbocycles. The molecule has 1 heterocycles. The van der Waals surface area contributed by atoms with Gasteiger partial charge in [0.15, 0.2) is 6.10 Å². The number of rotatable bonds is 6. The van der Waals surface area contributed by atoms with E-state index in [1.54, 1.807) is 0 Å². The topological polar surface area (TPSA) is 126 Å². The Bertz CT molecular complexity index is 521. The Morgan fingerprint density at radius 2 is 1.52 bits per heavy atom. The van der Waals surface area contributed by atoms with E-state index in [1.165, 1.54) is 34.8 Å². The predicted molar refractivity (Wildman–Crippen MR) is 81.0 cm³/mol. The van der Waals surface area contributed by atoms with Crippen molar-refractivity contribution in [3.8, 4) is 0 Å². The lowest BCUT2D eigenvalue weighted by molar-refractivity contribution is -0.271. The maximum atomic E-state index is 11.5. The lowest BCUT2D eigenvalue weighted by atomic mass is 9.96. The van der Waals surface area contributed by atoms with Gasteiger partial charge in [0.05, 0.1) is 0 Å². The van der Waals surface area contributed by atoms with Crippen molar-refractivity contribution < 1.29 is 42.9 Å². The Kier molecular flexibility index (Phi) is 7.78. The SMILES string of the molecule is COC1C(NC(C)=O)C(OC(C)=O)OC(COC(C)=O)C1OC(C)=O. The van der Waals surface area contributed by atoms with Crippen LogP contribution < -0.4 is 5.32 Å². The Balaban J connectivity index is 3.14. The van der Waals surface area contributed by atoms with E-state index in [0.717, 1.165) is 0 Å². The lowest BCUT2D eigenvalue weighted by Gasteiger charge is -2.44. The zero-order valence-corrected chi connectivity index (χ0v) is 14.8. The van der Waals surface area contributed by atoms with Crippen LogP contribution in [-0.2, 0) is 42.9 Å². The van der Waals surface area contributed by atoms with Gasteiger partial charge in [-0.3, -0.25) is 19.2 Å². The molecule has 0 spiro atoms. The van der Waals surface area contributed by atoms with Crippen LogP contribution in [-0.4, -0.2) is 68.2 Å². The summed E-state index contributed by atoms with van der Waals surface area (Å²) in [4.78, 5) is 45.3. The molecular weight excluding hydrogens is 338 g/mol. The molecule has 0 radical (unpaired) electrons. The predicted octanol–water partition coefficient (Wildman–Crippen LogP) is -0.711. The molecule has 5 unspecified atom stereocenters. The molecule has 1 saturated heterocycles. The fourth-order valence-corrected chi connectivity index (χ4v) is 2.50. The lowest BCUT2D eigenvalue weighted by Crippen LogP contribution is -2.66. The van der Waals surface area contributed by atoms with E-state index in [2.05, 4.69) is 5.32 Å². The molecule has 0 aromatic rings. The number of carbonyl (C=O) groups excluding carboxylic acids is 4. The minimum atomic E-state index is -1.21. The smallest absolute Gasteiger partial charge is 0.305 e. The molecule has 1 fully saturated rings. The number of ether oxygens (including phenoxy) is 5. The Morgan fingerprint density at radius 3 is 1.96 bits per heavy atom. The summed E-state index contributed by atoms with van der Waals surface area (Å²) in [5.41, 5.74) is 0. The third-order valence-electron chi connectivity index (χ3n) is 3.32. The molecule has 0 aromatic heterocycles. The standard InChI is InChI=1S/C15H23NO9/c1-7(17)16-12-14(21-5)13(23-9(3)19)11(6-22-8(2)18)25-15(12)24-10(4)20/h11-15H,6H2,1-5H3,(H,16,17). The van der Waals surface area contributed by atoms with E-state index in [4.69, 9.17) is 23.7 Å². The highest BCUT2D eigenvalue weighted by Crippen LogP contribution is 2.27. The number of esters is 3. The van der Waals surface area contributed by atoms with Gasteiger partial charge in [-0.15, -0.1) is 0 Å². The van der Waals surface area contributed by atoms with Crippen molar-refractivity contribution in [1.82, 2.24) is 5.32 Å². The number of nitrogens with one attached hydrogen (secondary N) is 1. The van der Waals surface area contributed by atoms with Gasteiger partial charge in [-0.1, -0.05) is 0 Å². The van der Waals surface area contributed by atoms with Crippen LogP contribution in [0, 0.1) is 0 Å². The van der Waals surface area contributed by atoms with Gasteiger partial charge >= 0.3 is 17.9 Å². The van der Waals surface area contributed by atoms with E-state index >= 15 is 0 Å². The Morgan fingerprint density at radius 1 is 0.920 bits per heavy atom. The van der Waals surface area contributed by atoms with Gasteiger partial charge in [-0.25, -0.2) is 0 Å². The third kappa shape index (κ3) is 6.31. The highest BCUT2D eigenvalue weighted by atomic mass is 16.7. The molecule has 0 aromatic carbocycles. The van der Waals surface area contributed by atoms with Crippen molar-refractivity contribution in [3.63, 3.8) is 0 Å². The fourth-order valence-electron chi connectivity index (χ4n) is 2.50. The maximum Gasteiger partial charge on any atom is 0.305 e. The first-order valence-corrected chi connectivity index (χ1v) is 7.58.